The third kappa shape index (κ3) is 6.96. The van der Waals surface area contributed by atoms with Crippen LogP contribution in [0.15, 0.2) is 40.5 Å². The molecule has 1 atom stereocenters. The smallest absolute Gasteiger partial charge is 0.280 e. The molecule has 0 saturated heterocycles. The Labute approximate surface area is 211 Å². The lowest BCUT2D eigenvalue weighted by Gasteiger charge is -2.36. The molecule has 1 amide bonds. The predicted octanol–water partition coefficient (Wildman–Crippen LogP) is 4.99. The fourth-order valence-electron chi connectivity index (χ4n) is 2.78. The summed E-state index contributed by atoms with van der Waals surface area (Å²) in [5, 5.41) is 5.81. The largest absolute Gasteiger partial charge is 0.413 e. The molecule has 1 saturated carbocycles. The van der Waals surface area contributed by atoms with Gasteiger partial charge in [0.1, 0.15) is 6.10 Å². The third-order valence-electron chi connectivity index (χ3n) is 6.14. The van der Waals surface area contributed by atoms with Gasteiger partial charge in [0, 0.05) is 5.56 Å². The van der Waals surface area contributed by atoms with Crippen molar-refractivity contribution in [3.05, 3.63) is 41.2 Å². The summed E-state index contributed by atoms with van der Waals surface area (Å²) in [6, 6.07) is 5.93. The van der Waals surface area contributed by atoms with E-state index in [9.17, 15) is 17.6 Å². The molecule has 2 aromatic rings. The van der Waals surface area contributed by atoms with E-state index >= 15 is 0 Å². The van der Waals surface area contributed by atoms with Gasteiger partial charge in [-0.1, -0.05) is 49.4 Å². The number of rotatable bonds is 10. The van der Waals surface area contributed by atoms with Gasteiger partial charge in [-0.3, -0.25) is 10.1 Å². The summed E-state index contributed by atoms with van der Waals surface area (Å²) in [5.74, 6) is -0.658. The zero-order chi connectivity index (χ0) is 26.0. The maximum absolute atomic E-state index is 13.3. The van der Waals surface area contributed by atoms with Crippen LogP contribution in [0.1, 0.15) is 46.1 Å². The van der Waals surface area contributed by atoms with Crippen LogP contribution < -0.4 is 5.32 Å². The summed E-state index contributed by atoms with van der Waals surface area (Å²) in [5.41, 5.74) is 0.266. The minimum absolute atomic E-state index is 0.0343. The van der Waals surface area contributed by atoms with Crippen molar-refractivity contribution in [3.63, 3.8) is 0 Å². The standard InChI is InChI=1S/C23H32FN3O5S2Si/c1-15(14-31-35(5,6)23(2,3)4)32-27-20(21(28)26-22-25-13-19(24)33-22)16-7-9-17(10-8-16)34(29,30)18-11-12-18/h7-10,13,15,18H,11-12,14H2,1-6H3,(H,25,26,28)/b27-20+/t15-/m1/s1. The number of nitrogens with one attached hydrogen (secondary N) is 1. The number of oxime groups is 1. The van der Waals surface area contributed by atoms with Crippen molar-refractivity contribution in [1.29, 1.82) is 0 Å². The van der Waals surface area contributed by atoms with Crippen LogP contribution in [0.25, 0.3) is 0 Å². The molecular weight excluding hydrogens is 509 g/mol. The molecule has 1 aromatic carbocycles. The van der Waals surface area contributed by atoms with Crippen LogP contribution in [0.5, 0.6) is 0 Å². The second-order valence-corrected chi connectivity index (χ2v) is 18.1. The molecule has 3 rings (SSSR count). The number of nitrogens with zero attached hydrogens (tertiary/aromatic N) is 2. The van der Waals surface area contributed by atoms with Crippen LogP contribution in [-0.2, 0) is 23.9 Å². The fourth-order valence-corrected chi connectivity index (χ4v) is 6.06. The van der Waals surface area contributed by atoms with Crippen LogP contribution in [0.4, 0.5) is 9.52 Å². The van der Waals surface area contributed by atoms with E-state index in [1.54, 1.807) is 6.92 Å². The van der Waals surface area contributed by atoms with Gasteiger partial charge in [0.25, 0.3) is 5.91 Å². The molecule has 12 heteroatoms. The summed E-state index contributed by atoms with van der Waals surface area (Å²) < 4.78 is 44.5. The topological polar surface area (TPSA) is 107 Å². The lowest BCUT2D eigenvalue weighted by molar-refractivity contribution is -0.110. The summed E-state index contributed by atoms with van der Waals surface area (Å²) >= 11 is 0.682. The number of carbonyl (C=O) groups excluding carboxylic acids is 1. The Morgan fingerprint density at radius 3 is 2.43 bits per heavy atom. The molecule has 1 heterocycles. The first-order chi connectivity index (χ1) is 16.2. The zero-order valence-electron chi connectivity index (χ0n) is 20.8. The van der Waals surface area contributed by atoms with Gasteiger partial charge in [0.2, 0.25) is 0 Å². The van der Waals surface area contributed by atoms with Crippen molar-refractivity contribution in [2.45, 2.75) is 74.9 Å². The molecule has 192 valence electrons. The summed E-state index contributed by atoms with van der Waals surface area (Å²) in [7, 11) is -5.36. The van der Waals surface area contributed by atoms with E-state index in [-0.39, 0.29) is 26.0 Å². The summed E-state index contributed by atoms with van der Waals surface area (Å²) in [6.07, 6.45) is 1.88. The van der Waals surface area contributed by atoms with Crippen LogP contribution in [0.2, 0.25) is 18.1 Å². The molecule has 0 unspecified atom stereocenters. The number of thiazole rings is 1. The van der Waals surface area contributed by atoms with Crippen LogP contribution >= 0.6 is 11.3 Å². The van der Waals surface area contributed by atoms with Crippen molar-refractivity contribution in [2.24, 2.45) is 5.16 Å². The van der Waals surface area contributed by atoms with Crippen molar-refractivity contribution >= 4 is 46.2 Å². The summed E-state index contributed by atoms with van der Waals surface area (Å²) in [4.78, 5) is 22.6. The monoisotopic (exact) mass is 541 g/mol. The van der Waals surface area contributed by atoms with Crippen LogP contribution in [-0.4, -0.2) is 51.3 Å². The molecular formula is C23H32FN3O5S2Si. The number of hydrogen-bond acceptors (Lipinski definition) is 8. The highest BCUT2D eigenvalue weighted by Gasteiger charge is 2.38. The highest BCUT2D eigenvalue weighted by atomic mass is 32.2. The van der Waals surface area contributed by atoms with Gasteiger partial charge in [-0.2, -0.15) is 4.39 Å². The Morgan fingerprint density at radius 1 is 1.29 bits per heavy atom. The van der Waals surface area contributed by atoms with Crippen molar-refractivity contribution < 1.29 is 26.9 Å². The number of anilines is 1. The number of benzene rings is 1. The number of sulfone groups is 1. The Balaban J connectivity index is 1.79. The van der Waals surface area contributed by atoms with E-state index in [0.29, 0.717) is 36.3 Å². The van der Waals surface area contributed by atoms with E-state index in [1.807, 2.05) is 0 Å². The van der Waals surface area contributed by atoms with Crippen molar-refractivity contribution in [2.75, 3.05) is 11.9 Å². The maximum atomic E-state index is 13.3. The Hall–Kier alpha value is -2.15. The first-order valence-electron chi connectivity index (χ1n) is 11.4. The van der Waals surface area contributed by atoms with Gasteiger partial charge < -0.3 is 9.26 Å². The first kappa shape index (κ1) is 27.4. The number of hydrogen-bond donors (Lipinski definition) is 1. The molecule has 0 bridgehead atoms. The molecule has 0 radical (unpaired) electrons. The zero-order valence-corrected chi connectivity index (χ0v) is 23.4. The second-order valence-electron chi connectivity index (χ2n) is 10.1. The molecule has 8 nitrogen and oxygen atoms in total. The summed E-state index contributed by atoms with van der Waals surface area (Å²) in [6.45, 7) is 12.8. The Bertz CT molecular complexity index is 1190. The maximum Gasteiger partial charge on any atom is 0.280 e. The lowest BCUT2D eigenvalue weighted by Crippen LogP contribution is -2.42. The van der Waals surface area contributed by atoms with Crippen LogP contribution in [0, 0.1) is 5.13 Å². The first-order valence-corrected chi connectivity index (χ1v) is 16.6. The quantitative estimate of drug-likeness (QED) is 0.258. The SMILES string of the molecule is C[C@H](CO[Si](C)(C)C(C)(C)C)O/N=C(/C(=O)Nc1ncc(F)s1)c1ccc(S(=O)(=O)C2CC2)cc1. The molecule has 1 aliphatic rings. The Kier molecular flexibility index (Phi) is 8.19. The second kappa shape index (κ2) is 10.5. The van der Waals surface area contributed by atoms with Crippen LogP contribution in [0.3, 0.4) is 0 Å². The van der Waals surface area contributed by atoms with E-state index < -0.39 is 35.3 Å². The lowest BCUT2D eigenvalue weighted by atomic mass is 10.1. The number of amides is 1. The average molecular weight is 542 g/mol. The molecule has 1 aliphatic carbocycles. The third-order valence-corrected chi connectivity index (χ3v) is 13.6. The molecule has 1 fully saturated rings. The minimum Gasteiger partial charge on any atom is -0.413 e. The van der Waals surface area contributed by atoms with E-state index in [0.717, 1.165) is 6.20 Å². The Morgan fingerprint density at radius 2 is 1.91 bits per heavy atom. The highest BCUT2D eigenvalue weighted by molar-refractivity contribution is 7.92. The average Bonchev–Trinajstić information content (AvgIpc) is 3.55. The predicted molar refractivity (Wildman–Crippen MR) is 138 cm³/mol. The van der Waals surface area contributed by atoms with Crippen molar-refractivity contribution in [3.8, 4) is 0 Å². The van der Waals surface area contributed by atoms with Gasteiger partial charge in [0.05, 0.1) is 22.9 Å². The van der Waals surface area contributed by atoms with E-state index in [1.165, 1.54) is 24.3 Å². The fraction of sp³-hybridized carbons (Fsp3) is 0.522. The molecule has 0 spiro atoms. The van der Waals surface area contributed by atoms with Gasteiger partial charge in [-0.25, -0.2) is 13.4 Å². The minimum atomic E-state index is -3.37. The molecule has 35 heavy (non-hydrogen) atoms. The van der Waals surface area contributed by atoms with Gasteiger partial charge in [-0.15, -0.1) is 0 Å². The van der Waals surface area contributed by atoms with Gasteiger partial charge in [0.15, 0.2) is 34.1 Å². The molecule has 1 N–H and O–H groups in total. The number of aromatic nitrogens is 1. The van der Waals surface area contributed by atoms with E-state index in [4.69, 9.17) is 9.26 Å². The molecule has 0 aliphatic heterocycles. The normalized spacial score (nSPS) is 16.1. The van der Waals surface area contributed by atoms with Gasteiger partial charge >= 0.3 is 0 Å². The highest BCUT2D eigenvalue weighted by Crippen LogP contribution is 2.36. The van der Waals surface area contributed by atoms with Gasteiger partial charge in [-0.05, 0) is 50.0 Å². The number of carbonyl (C=O) groups is 1. The van der Waals surface area contributed by atoms with Crippen molar-refractivity contribution in [1.82, 2.24) is 4.98 Å². The number of halogens is 1. The van der Waals surface area contributed by atoms with E-state index in [2.05, 4.69) is 49.3 Å². The molecule has 1 aromatic heterocycles.